The first-order chi connectivity index (χ1) is 18.6. The third-order valence-electron chi connectivity index (χ3n) is 9.66. The van der Waals surface area contributed by atoms with Crippen LogP contribution >= 0.6 is 0 Å². The van der Waals surface area contributed by atoms with Crippen LogP contribution in [-0.4, -0.2) is 46.2 Å². The van der Waals surface area contributed by atoms with E-state index in [2.05, 4.69) is 14.8 Å². The van der Waals surface area contributed by atoms with E-state index in [0.717, 1.165) is 42.8 Å². The van der Waals surface area contributed by atoms with Gasteiger partial charge in [0.15, 0.2) is 5.82 Å². The molecule has 1 spiro atoms. The van der Waals surface area contributed by atoms with Gasteiger partial charge in [0.2, 0.25) is 5.95 Å². The Morgan fingerprint density at radius 1 is 0.921 bits per heavy atom. The summed E-state index contributed by atoms with van der Waals surface area (Å²) >= 11 is 0. The van der Waals surface area contributed by atoms with Gasteiger partial charge in [-0.05, 0) is 66.8 Å². The molecule has 8 rings (SSSR count). The molecular formula is C31H32FN5O. The molecule has 2 unspecified atom stereocenters. The van der Waals surface area contributed by atoms with Crippen LogP contribution < -0.4 is 9.80 Å². The topological polar surface area (TPSA) is 65.4 Å². The standard InChI is InChI=1S/C31H32FN5O/c32-26-27(24-13-22(38)12-21-5-1-2-6-23(21)24)33-14-25-28(26)34-30(37-17-31(18-37)9-3-4-10-31)35-29(25)36-15-19-7-8-20(11-19)16-36/h1-2,5-6,12-14,19-20,38H,3-4,7-11,15-18H2. The van der Waals surface area contributed by atoms with Crippen LogP contribution in [0.3, 0.4) is 0 Å². The van der Waals surface area contributed by atoms with Gasteiger partial charge < -0.3 is 14.9 Å². The normalized spacial score (nSPS) is 24.0. The predicted octanol–water partition coefficient (Wildman–Crippen LogP) is 6.31. The van der Waals surface area contributed by atoms with Gasteiger partial charge in [-0.1, -0.05) is 37.1 Å². The highest BCUT2D eigenvalue weighted by molar-refractivity contribution is 6.00. The van der Waals surface area contributed by atoms with Gasteiger partial charge in [0.25, 0.3) is 0 Å². The first-order valence-electron chi connectivity index (χ1n) is 14.1. The lowest BCUT2D eigenvalue weighted by molar-refractivity contribution is 0.219. The quantitative estimate of drug-likeness (QED) is 0.349. The summed E-state index contributed by atoms with van der Waals surface area (Å²) in [4.78, 5) is 19.2. The number of pyridine rings is 1. The van der Waals surface area contributed by atoms with Gasteiger partial charge in [0.05, 0.1) is 5.39 Å². The Morgan fingerprint density at radius 3 is 2.47 bits per heavy atom. The number of hydrogen-bond acceptors (Lipinski definition) is 6. The van der Waals surface area contributed by atoms with E-state index in [9.17, 15) is 5.11 Å². The molecule has 38 heavy (non-hydrogen) atoms. The number of phenolic OH excluding ortho intramolecular Hbond substituents is 1. The van der Waals surface area contributed by atoms with Crippen LogP contribution in [0.15, 0.2) is 42.6 Å². The van der Waals surface area contributed by atoms with Gasteiger partial charge in [-0.3, -0.25) is 4.98 Å². The molecule has 2 aliphatic heterocycles. The monoisotopic (exact) mass is 509 g/mol. The molecule has 7 heteroatoms. The molecule has 0 amide bonds. The van der Waals surface area contributed by atoms with E-state index in [1.54, 1.807) is 18.3 Å². The van der Waals surface area contributed by atoms with Gasteiger partial charge in [-0.25, -0.2) is 9.37 Å². The maximum absolute atomic E-state index is 16.5. The Balaban J connectivity index is 1.29. The number of nitrogens with zero attached hydrogens (tertiary/aromatic N) is 5. The number of fused-ring (bicyclic) bond motifs is 4. The summed E-state index contributed by atoms with van der Waals surface area (Å²) in [5.74, 6) is 2.48. The molecule has 2 aliphatic carbocycles. The van der Waals surface area contributed by atoms with E-state index in [0.29, 0.717) is 39.7 Å². The van der Waals surface area contributed by atoms with Crippen molar-refractivity contribution in [1.29, 1.82) is 0 Å². The summed E-state index contributed by atoms with van der Waals surface area (Å²) in [5.41, 5.74) is 1.51. The van der Waals surface area contributed by atoms with Crippen molar-refractivity contribution < 1.29 is 9.50 Å². The van der Waals surface area contributed by atoms with Crippen molar-refractivity contribution in [2.24, 2.45) is 17.3 Å². The molecule has 0 radical (unpaired) electrons. The minimum Gasteiger partial charge on any atom is -0.508 e. The second kappa shape index (κ2) is 8.26. The van der Waals surface area contributed by atoms with Gasteiger partial charge in [-0.15, -0.1) is 0 Å². The summed E-state index contributed by atoms with van der Waals surface area (Å²) < 4.78 is 16.5. The number of hydrogen-bond donors (Lipinski definition) is 1. The molecule has 2 bridgehead atoms. The van der Waals surface area contributed by atoms with Crippen LogP contribution in [0.4, 0.5) is 16.2 Å². The SMILES string of the molecule is Oc1cc(-c2ncc3c(N4CC5CCC(C5)C4)nc(N4CC5(CCCC5)C4)nc3c2F)c2ccccc2c1. The zero-order valence-electron chi connectivity index (χ0n) is 21.5. The number of phenols is 1. The van der Waals surface area contributed by atoms with Gasteiger partial charge >= 0.3 is 0 Å². The smallest absolute Gasteiger partial charge is 0.228 e. The van der Waals surface area contributed by atoms with Gasteiger partial charge in [0, 0.05) is 43.4 Å². The van der Waals surface area contributed by atoms with E-state index in [-0.39, 0.29) is 11.4 Å². The van der Waals surface area contributed by atoms with Gasteiger partial charge in [0.1, 0.15) is 22.8 Å². The third-order valence-corrected chi connectivity index (χ3v) is 9.66. The molecule has 4 aromatic rings. The highest BCUT2D eigenvalue weighted by Gasteiger charge is 2.46. The van der Waals surface area contributed by atoms with Crippen molar-refractivity contribution in [3.63, 3.8) is 0 Å². The molecule has 2 saturated heterocycles. The van der Waals surface area contributed by atoms with Crippen LogP contribution in [-0.2, 0) is 0 Å². The molecular weight excluding hydrogens is 477 g/mol. The lowest BCUT2D eigenvalue weighted by Crippen LogP contribution is -2.55. The van der Waals surface area contributed by atoms with E-state index >= 15 is 4.39 Å². The Bertz CT molecular complexity index is 1560. The molecule has 4 heterocycles. The highest BCUT2D eigenvalue weighted by atomic mass is 19.1. The van der Waals surface area contributed by atoms with Crippen LogP contribution in [0, 0.1) is 23.1 Å². The molecule has 194 valence electrons. The number of aromatic hydroxyl groups is 1. The van der Waals surface area contributed by atoms with Crippen molar-refractivity contribution in [2.75, 3.05) is 36.0 Å². The largest absolute Gasteiger partial charge is 0.508 e. The van der Waals surface area contributed by atoms with E-state index < -0.39 is 5.82 Å². The summed E-state index contributed by atoms with van der Waals surface area (Å²) in [7, 11) is 0. The van der Waals surface area contributed by atoms with E-state index in [1.165, 1.54) is 44.9 Å². The van der Waals surface area contributed by atoms with E-state index in [1.807, 2.05) is 24.3 Å². The minimum atomic E-state index is -0.445. The fourth-order valence-electron chi connectivity index (χ4n) is 7.82. The second-order valence-corrected chi connectivity index (χ2v) is 12.3. The molecule has 2 aromatic heterocycles. The fourth-order valence-corrected chi connectivity index (χ4v) is 7.82. The molecule has 2 atom stereocenters. The van der Waals surface area contributed by atoms with Crippen molar-refractivity contribution in [3.05, 3.63) is 48.4 Å². The molecule has 6 nitrogen and oxygen atoms in total. The zero-order chi connectivity index (χ0) is 25.4. The maximum atomic E-state index is 16.5. The molecule has 4 aliphatic rings. The Labute approximate surface area is 221 Å². The Kier molecular flexibility index (Phi) is 4.89. The second-order valence-electron chi connectivity index (χ2n) is 12.3. The molecule has 2 saturated carbocycles. The van der Waals surface area contributed by atoms with Crippen molar-refractivity contribution in [3.8, 4) is 17.0 Å². The molecule has 4 fully saturated rings. The lowest BCUT2D eigenvalue weighted by Gasteiger charge is -2.48. The Hall–Kier alpha value is -3.48. The number of rotatable bonds is 3. The van der Waals surface area contributed by atoms with Crippen molar-refractivity contribution >= 4 is 33.4 Å². The highest BCUT2D eigenvalue weighted by Crippen LogP contribution is 2.47. The first-order valence-corrected chi connectivity index (χ1v) is 14.1. The minimum absolute atomic E-state index is 0.0929. The number of aromatic nitrogens is 3. The zero-order valence-corrected chi connectivity index (χ0v) is 21.5. The maximum Gasteiger partial charge on any atom is 0.228 e. The summed E-state index contributed by atoms with van der Waals surface area (Å²) in [5, 5.41) is 12.8. The first kappa shape index (κ1) is 22.5. The fraction of sp³-hybridized carbons (Fsp3) is 0.452. The van der Waals surface area contributed by atoms with Crippen molar-refractivity contribution in [2.45, 2.75) is 44.9 Å². The van der Waals surface area contributed by atoms with Crippen LogP contribution in [0.25, 0.3) is 32.9 Å². The van der Waals surface area contributed by atoms with Crippen LogP contribution in [0.5, 0.6) is 5.75 Å². The number of halogens is 1. The van der Waals surface area contributed by atoms with Crippen LogP contribution in [0.1, 0.15) is 44.9 Å². The van der Waals surface area contributed by atoms with Gasteiger partial charge in [-0.2, -0.15) is 4.98 Å². The summed E-state index contributed by atoms with van der Waals surface area (Å²) in [6, 6.07) is 11.0. The number of benzene rings is 2. The predicted molar refractivity (Wildman–Crippen MR) is 148 cm³/mol. The Morgan fingerprint density at radius 2 is 1.68 bits per heavy atom. The average molecular weight is 510 g/mol. The number of anilines is 2. The lowest BCUT2D eigenvalue weighted by atomic mass is 9.78. The molecule has 2 aromatic carbocycles. The summed E-state index contributed by atoms with van der Waals surface area (Å²) in [6.45, 7) is 3.85. The van der Waals surface area contributed by atoms with Crippen molar-refractivity contribution in [1.82, 2.24) is 15.0 Å². The summed E-state index contributed by atoms with van der Waals surface area (Å²) in [6.07, 6.45) is 10.7. The van der Waals surface area contributed by atoms with Crippen LogP contribution in [0.2, 0.25) is 0 Å². The average Bonchev–Trinajstić information content (AvgIpc) is 3.53. The van der Waals surface area contributed by atoms with E-state index in [4.69, 9.17) is 9.97 Å². The number of piperidine rings is 1. The molecule has 1 N–H and O–H groups in total. The third kappa shape index (κ3) is 3.47.